The molecule has 1 fully saturated rings. The molecular formula is C12H19N3O2S. The van der Waals surface area contributed by atoms with Gasteiger partial charge in [-0.15, -0.1) is 0 Å². The average Bonchev–Trinajstić information content (AvgIpc) is 2.88. The molecule has 100 valence electrons. The van der Waals surface area contributed by atoms with E-state index < -0.39 is 10.0 Å². The summed E-state index contributed by atoms with van der Waals surface area (Å²) in [5.41, 5.74) is 0. The Hall–Kier alpha value is -1.14. The van der Waals surface area contributed by atoms with Crippen molar-refractivity contribution < 1.29 is 8.42 Å². The zero-order valence-electron chi connectivity index (χ0n) is 10.8. The van der Waals surface area contributed by atoms with Crippen molar-refractivity contribution >= 4 is 15.8 Å². The van der Waals surface area contributed by atoms with Crippen molar-refractivity contribution in [2.24, 2.45) is 5.92 Å². The Morgan fingerprint density at radius 1 is 1.56 bits per heavy atom. The third kappa shape index (κ3) is 2.35. The monoisotopic (exact) mass is 269 g/mol. The summed E-state index contributed by atoms with van der Waals surface area (Å²) >= 11 is 0. The zero-order chi connectivity index (χ0) is 13.2. The molecule has 0 amide bonds. The molecule has 0 spiro atoms. The summed E-state index contributed by atoms with van der Waals surface area (Å²) in [6.45, 7) is 3.33. The molecule has 1 saturated heterocycles. The molecule has 5 nitrogen and oxygen atoms in total. The minimum Gasteiger partial charge on any atom is -0.372 e. The Bertz CT molecular complexity index is 516. The number of aromatic nitrogens is 1. The van der Waals surface area contributed by atoms with Crippen LogP contribution in [0.1, 0.15) is 19.8 Å². The van der Waals surface area contributed by atoms with Gasteiger partial charge in [0.2, 0.25) is 10.0 Å². The van der Waals surface area contributed by atoms with E-state index in [1.165, 1.54) is 0 Å². The van der Waals surface area contributed by atoms with E-state index in [1.54, 1.807) is 29.7 Å². The van der Waals surface area contributed by atoms with Crippen LogP contribution in [0.2, 0.25) is 0 Å². The molecule has 1 aliphatic rings. The second-order valence-corrected chi connectivity index (χ2v) is 6.43. The van der Waals surface area contributed by atoms with Crippen molar-refractivity contribution in [2.45, 2.75) is 24.7 Å². The van der Waals surface area contributed by atoms with E-state index in [0.717, 1.165) is 12.8 Å². The smallest absolute Gasteiger partial charge is 0.246 e. The van der Waals surface area contributed by atoms with Gasteiger partial charge < -0.3 is 5.32 Å². The van der Waals surface area contributed by atoms with Gasteiger partial charge in [-0.25, -0.2) is 13.4 Å². The van der Waals surface area contributed by atoms with Gasteiger partial charge in [-0.05, 0) is 24.5 Å². The van der Waals surface area contributed by atoms with Crippen molar-refractivity contribution in [1.82, 2.24) is 9.29 Å². The summed E-state index contributed by atoms with van der Waals surface area (Å²) in [7, 11) is -1.74. The molecule has 0 radical (unpaired) electrons. The first-order valence-corrected chi connectivity index (χ1v) is 7.66. The standard InChI is InChI=1S/C12H19N3O2S/c1-3-10-6-8-15(9-10)18(16,17)11-5-4-7-14-12(11)13-2/h4-5,7,10H,3,6,8-9H2,1-2H3,(H,13,14). The van der Waals surface area contributed by atoms with Crippen LogP contribution in [0.4, 0.5) is 5.82 Å². The largest absolute Gasteiger partial charge is 0.372 e. The lowest BCUT2D eigenvalue weighted by atomic mass is 10.1. The molecule has 1 aromatic rings. The van der Waals surface area contributed by atoms with Crippen molar-refractivity contribution in [3.63, 3.8) is 0 Å². The number of anilines is 1. The Kier molecular flexibility index (Phi) is 3.87. The van der Waals surface area contributed by atoms with Gasteiger partial charge in [0, 0.05) is 26.3 Å². The number of nitrogens with one attached hydrogen (secondary N) is 1. The van der Waals surface area contributed by atoms with Crippen LogP contribution in [-0.4, -0.2) is 37.8 Å². The lowest BCUT2D eigenvalue weighted by Gasteiger charge is -2.17. The summed E-state index contributed by atoms with van der Waals surface area (Å²) in [4.78, 5) is 4.32. The van der Waals surface area contributed by atoms with Gasteiger partial charge in [0.1, 0.15) is 10.7 Å². The highest BCUT2D eigenvalue weighted by Crippen LogP contribution is 2.28. The van der Waals surface area contributed by atoms with E-state index in [0.29, 0.717) is 24.8 Å². The molecule has 1 atom stereocenters. The quantitative estimate of drug-likeness (QED) is 0.900. The molecule has 0 aromatic carbocycles. The fourth-order valence-corrected chi connectivity index (χ4v) is 3.95. The second kappa shape index (κ2) is 5.24. The SMILES string of the molecule is CCC1CCN(S(=O)(=O)c2cccnc2NC)C1. The summed E-state index contributed by atoms with van der Waals surface area (Å²) in [5, 5.41) is 2.83. The summed E-state index contributed by atoms with van der Waals surface area (Å²) in [6, 6.07) is 3.26. The van der Waals surface area contributed by atoms with Gasteiger partial charge in [-0.3, -0.25) is 0 Å². The highest BCUT2D eigenvalue weighted by atomic mass is 32.2. The molecule has 0 aliphatic carbocycles. The van der Waals surface area contributed by atoms with Gasteiger partial charge in [0.25, 0.3) is 0 Å². The number of hydrogen-bond donors (Lipinski definition) is 1. The lowest BCUT2D eigenvalue weighted by Crippen LogP contribution is -2.29. The van der Waals surface area contributed by atoms with E-state index in [2.05, 4.69) is 17.2 Å². The third-order valence-corrected chi connectivity index (χ3v) is 5.35. The van der Waals surface area contributed by atoms with Crippen molar-refractivity contribution in [3.05, 3.63) is 18.3 Å². The van der Waals surface area contributed by atoms with Gasteiger partial charge in [-0.1, -0.05) is 13.3 Å². The molecule has 1 aliphatic heterocycles. The van der Waals surface area contributed by atoms with Crippen LogP contribution in [0.3, 0.4) is 0 Å². The summed E-state index contributed by atoms with van der Waals surface area (Å²) in [6.07, 6.45) is 3.56. The fourth-order valence-electron chi connectivity index (χ4n) is 2.27. The Morgan fingerprint density at radius 3 is 2.94 bits per heavy atom. The average molecular weight is 269 g/mol. The van der Waals surface area contributed by atoms with Crippen LogP contribution in [-0.2, 0) is 10.0 Å². The van der Waals surface area contributed by atoms with Crippen LogP contribution in [0.25, 0.3) is 0 Å². The molecule has 2 heterocycles. The number of nitrogens with zero attached hydrogens (tertiary/aromatic N) is 2. The molecule has 1 N–H and O–H groups in total. The highest BCUT2D eigenvalue weighted by Gasteiger charge is 2.33. The van der Waals surface area contributed by atoms with Crippen LogP contribution in [0.5, 0.6) is 0 Å². The fraction of sp³-hybridized carbons (Fsp3) is 0.583. The summed E-state index contributed by atoms with van der Waals surface area (Å²) < 4.78 is 26.6. The van der Waals surface area contributed by atoms with Gasteiger partial charge in [-0.2, -0.15) is 4.31 Å². The van der Waals surface area contributed by atoms with E-state index >= 15 is 0 Å². The molecule has 1 unspecified atom stereocenters. The number of sulfonamides is 1. The maximum atomic E-state index is 12.5. The van der Waals surface area contributed by atoms with Gasteiger partial charge >= 0.3 is 0 Å². The van der Waals surface area contributed by atoms with E-state index in [1.807, 2.05) is 0 Å². The minimum absolute atomic E-state index is 0.268. The van der Waals surface area contributed by atoms with Crippen LogP contribution in [0, 0.1) is 5.92 Å². The number of hydrogen-bond acceptors (Lipinski definition) is 4. The third-order valence-electron chi connectivity index (χ3n) is 3.45. The van der Waals surface area contributed by atoms with Crippen LogP contribution in [0.15, 0.2) is 23.2 Å². The molecule has 6 heteroatoms. The van der Waals surface area contributed by atoms with E-state index in [4.69, 9.17) is 0 Å². The molecular weight excluding hydrogens is 250 g/mol. The highest BCUT2D eigenvalue weighted by molar-refractivity contribution is 7.89. The minimum atomic E-state index is -3.42. The molecule has 0 bridgehead atoms. The first kappa shape index (κ1) is 13.3. The van der Waals surface area contributed by atoms with Crippen molar-refractivity contribution in [2.75, 3.05) is 25.5 Å². The first-order valence-electron chi connectivity index (χ1n) is 6.22. The molecule has 18 heavy (non-hydrogen) atoms. The van der Waals surface area contributed by atoms with E-state index in [9.17, 15) is 8.42 Å². The van der Waals surface area contributed by atoms with Gasteiger partial charge in [0.15, 0.2) is 0 Å². The first-order chi connectivity index (χ1) is 8.59. The summed E-state index contributed by atoms with van der Waals surface area (Å²) in [5.74, 6) is 0.895. The predicted molar refractivity (Wildman–Crippen MR) is 70.9 cm³/mol. The topological polar surface area (TPSA) is 62.3 Å². The maximum Gasteiger partial charge on any atom is 0.246 e. The van der Waals surface area contributed by atoms with Crippen molar-refractivity contribution in [1.29, 1.82) is 0 Å². The van der Waals surface area contributed by atoms with E-state index in [-0.39, 0.29) is 4.90 Å². The molecule has 0 saturated carbocycles. The molecule has 2 rings (SSSR count). The molecule has 1 aromatic heterocycles. The Labute approximate surface area is 108 Å². The normalized spacial score (nSPS) is 21.1. The maximum absolute atomic E-state index is 12.5. The Morgan fingerprint density at radius 2 is 2.33 bits per heavy atom. The second-order valence-electron chi connectivity index (χ2n) is 4.53. The van der Waals surface area contributed by atoms with Crippen molar-refractivity contribution in [3.8, 4) is 0 Å². The van der Waals surface area contributed by atoms with Gasteiger partial charge in [0.05, 0.1) is 0 Å². The van der Waals surface area contributed by atoms with Crippen LogP contribution < -0.4 is 5.32 Å². The van der Waals surface area contributed by atoms with Crippen LogP contribution >= 0.6 is 0 Å². The Balaban J connectivity index is 2.31. The zero-order valence-corrected chi connectivity index (χ0v) is 11.6. The number of rotatable bonds is 4. The predicted octanol–water partition coefficient (Wildman–Crippen LogP) is 1.54. The number of pyridine rings is 1. The lowest BCUT2D eigenvalue weighted by molar-refractivity contribution is 0.453.